The maximum absolute atomic E-state index is 13.2. The van der Waals surface area contributed by atoms with Crippen LogP contribution in [0, 0.1) is 6.92 Å². The van der Waals surface area contributed by atoms with Gasteiger partial charge in [-0.3, -0.25) is 4.21 Å². The topological polar surface area (TPSA) is 40.1 Å². The second-order valence-corrected chi connectivity index (χ2v) is 5.50. The molecule has 18 heavy (non-hydrogen) atoms. The molecule has 0 radical (unpaired) electrons. The molecule has 1 aromatic rings. The first-order chi connectivity index (χ1) is 8.29. The van der Waals surface area contributed by atoms with Gasteiger partial charge < -0.3 is 4.55 Å². The van der Waals surface area contributed by atoms with Crippen LogP contribution < -0.4 is 0 Å². The van der Waals surface area contributed by atoms with E-state index in [1.54, 1.807) is 0 Å². The molecule has 100 valence electrons. The summed E-state index contributed by atoms with van der Waals surface area (Å²) in [4.78, 5) is -0.200. The van der Waals surface area contributed by atoms with Crippen LogP contribution in [-0.2, 0) is 16.5 Å². The van der Waals surface area contributed by atoms with Crippen LogP contribution in [0.15, 0.2) is 23.1 Å². The van der Waals surface area contributed by atoms with E-state index in [4.69, 9.17) is 0 Å². The standard InChI is InChI=1S/C12H13F3O2S/c1-8-4-2-5-9(10(8)18(16)17)11(6-3-7-11)12(13,14)15/h2,4-5H,3,6-7H2,1H3,(H,16,17)/p-1. The molecule has 0 saturated heterocycles. The summed E-state index contributed by atoms with van der Waals surface area (Å²) in [5.74, 6) is 0. The Morgan fingerprint density at radius 2 is 1.94 bits per heavy atom. The van der Waals surface area contributed by atoms with Crippen molar-refractivity contribution in [1.82, 2.24) is 0 Å². The van der Waals surface area contributed by atoms with Crippen molar-refractivity contribution >= 4 is 11.1 Å². The smallest absolute Gasteiger partial charge is 0.398 e. The van der Waals surface area contributed by atoms with Crippen molar-refractivity contribution in [2.45, 2.75) is 42.7 Å². The van der Waals surface area contributed by atoms with E-state index in [0.29, 0.717) is 12.0 Å². The highest BCUT2D eigenvalue weighted by Crippen LogP contribution is 2.55. The van der Waals surface area contributed by atoms with Crippen molar-refractivity contribution in [2.75, 3.05) is 0 Å². The molecule has 2 nitrogen and oxygen atoms in total. The number of alkyl halides is 3. The number of rotatable bonds is 2. The Kier molecular flexibility index (Phi) is 3.27. The Hall–Kier alpha value is -0.880. The number of halogens is 3. The van der Waals surface area contributed by atoms with E-state index >= 15 is 0 Å². The third kappa shape index (κ3) is 1.87. The van der Waals surface area contributed by atoms with Crippen molar-refractivity contribution in [3.05, 3.63) is 29.3 Å². The van der Waals surface area contributed by atoms with E-state index in [-0.39, 0.29) is 23.3 Å². The maximum atomic E-state index is 13.2. The van der Waals surface area contributed by atoms with Crippen LogP contribution in [0.4, 0.5) is 13.2 Å². The van der Waals surface area contributed by atoms with Crippen LogP contribution in [0.1, 0.15) is 30.4 Å². The fourth-order valence-corrected chi connectivity index (χ4v) is 3.26. The van der Waals surface area contributed by atoms with Gasteiger partial charge in [0.2, 0.25) is 0 Å². The molecule has 2 rings (SSSR count). The minimum absolute atomic E-state index is 0.0375. The molecular weight excluding hydrogens is 265 g/mol. The predicted molar refractivity (Wildman–Crippen MR) is 59.9 cm³/mol. The molecule has 0 spiro atoms. The summed E-state index contributed by atoms with van der Waals surface area (Å²) in [6.07, 6.45) is -4.01. The lowest BCUT2D eigenvalue weighted by atomic mass is 9.63. The highest BCUT2D eigenvalue weighted by molar-refractivity contribution is 7.79. The normalized spacial score (nSPS) is 20.3. The van der Waals surface area contributed by atoms with Crippen LogP contribution in [0.5, 0.6) is 0 Å². The molecular formula is C12H12F3O2S-. The monoisotopic (exact) mass is 277 g/mol. The van der Waals surface area contributed by atoms with Gasteiger partial charge >= 0.3 is 6.18 Å². The Bertz CT molecular complexity index is 493. The first-order valence-electron chi connectivity index (χ1n) is 5.56. The van der Waals surface area contributed by atoms with Crippen LogP contribution in [-0.4, -0.2) is 14.9 Å². The van der Waals surface area contributed by atoms with Crippen LogP contribution in [0.2, 0.25) is 0 Å². The third-order valence-corrected chi connectivity index (χ3v) is 4.52. The van der Waals surface area contributed by atoms with Crippen molar-refractivity contribution in [3.8, 4) is 0 Å². The molecule has 0 N–H and O–H groups in total. The lowest BCUT2D eigenvalue weighted by Crippen LogP contribution is -2.48. The van der Waals surface area contributed by atoms with Gasteiger partial charge in [-0.05, 0) is 42.0 Å². The summed E-state index contributed by atoms with van der Waals surface area (Å²) >= 11 is -2.65. The lowest BCUT2D eigenvalue weighted by Gasteiger charge is -2.45. The van der Waals surface area contributed by atoms with E-state index in [2.05, 4.69) is 0 Å². The summed E-state index contributed by atoms with van der Waals surface area (Å²) in [5.41, 5.74) is -1.72. The van der Waals surface area contributed by atoms with Crippen molar-refractivity contribution in [1.29, 1.82) is 0 Å². The average Bonchev–Trinajstić information content (AvgIpc) is 2.12. The zero-order valence-electron chi connectivity index (χ0n) is 9.71. The molecule has 0 aromatic heterocycles. The first-order valence-corrected chi connectivity index (χ1v) is 6.63. The van der Waals surface area contributed by atoms with Gasteiger partial charge in [-0.25, -0.2) is 0 Å². The summed E-state index contributed by atoms with van der Waals surface area (Å²) < 4.78 is 62.0. The molecule has 0 aliphatic heterocycles. The molecule has 1 aliphatic rings. The van der Waals surface area contributed by atoms with Gasteiger partial charge in [0, 0.05) is 4.90 Å². The van der Waals surface area contributed by atoms with Gasteiger partial charge in [-0.2, -0.15) is 13.2 Å². The fourth-order valence-electron chi connectivity index (χ4n) is 2.49. The molecule has 1 unspecified atom stereocenters. The van der Waals surface area contributed by atoms with Gasteiger partial charge in [-0.1, -0.05) is 24.6 Å². The third-order valence-electron chi connectivity index (χ3n) is 3.64. The minimum Gasteiger partial charge on any atom is -0.768 e. The summed E-state index contributed by atoms with van der Waals surface area (Å²) in [5, 5.41) is 0. The zero-order chi connectivity index (χ0) is 13.6. The van der Waals surface area contributed by atoms with Crippen molar-refractivity contribution in [3.63, 3.8) is 0 Å². The average molecular weight is 277 g/mol. The summed E-state index contributed by atoms with van der Waals surface area (Å²) in [6.45, 7) is 1.51. The predicted octanol–water partition coefficient (Wildman–Crippen LogP) is 3.22. The molecule has 1 aromatic carbocycles. The highest BCUT2D eigenvalue weighted by Gasteiger charge is 2.60. The highest BCUT2D eigenvalue weighted by atomic mass is 32.2. The van der Waals surface area contributed by atoms with Gasteiger partial charge in [0.15, 0.2) is 0 Å². The fraction of sp³-hybridized carbons (Fsp3) is 0.500. The van der Waals surface area contributed by atoms with Gasteiger partial charge in [-0.15, -0.1) is 0 Å². The molecule has 0 heterocycles. The quantitative estimate of drug-likeness (QED) is 0.779. The molecule has 1 saturated carbocycles. The van der Waals surface area contributed by atoms with E-state index in [0.717, 1.165) is 0 Å². The molecule has 1 aliphatic carbocycles. The van der Waals surface area contributed by atoms with Crippen LogP contribution in [0.25, 0.3) is 0 Å². The molecule has 0 amide bonds. The van der Waals surface area contributed by atoms with Crippen molar-refractivity contribution < 1.29 is 21.9 Å². The Labute approximate surface area is 105 Å². The molecule has 1 atom stereocenters. The van der Waals surface area contributed by atoms with Crippen LogP contribution in [0.3, 0.4) is 0 Å². The van der Waals surface area contributed by atoms with E-state index in [1.807, 2.05) is 0 Å². The molecule has 0 bridgehead atoms. The number of benzene rings is 1. The zero-order valence-corrected chi connectivity index (χ0v) is 10.5. The molecule has 1 fully saturated rings. The van der Waals surface area contributed by atoms with Gasteiger partial charge in [0.25, 0.3) is 0 Å². The number of hydrogen-bond donors (Lipinski definition) is 0. The van der Waals surface area contributed by atoms with E-state index < -0.39 is 22.7 Å². The van der Waals surface area contributed by atoms with Gasteiger partial charge in [0.05, 0.1) is 5.41 Å². The SMILES string of the molecule is Cc1cccc(C2(C(F)(F)F)CCC2)c1S(=O)[O-]. The van der Waals surface area contributed by atoms with Crippen LogP contribution >= 0.6 is 0 Å². The summed E-state index contributed by atoms with van der Waals surface area (Å²) in [7, 11) is 0. The lowest BCUT2D eigenvalue weighted by molar-refractivity contribution is -0.213. The largest absolute Gasteiger partial charge is 0.768 e. The minimum atomic E-state index is -4.41. The van der Waals surface area contributed by atoms with E-state index in [9.17, 15) is 21.9 Å². The molecule has 6 heteroatoms. The van der Waals surface area contributed by atoms with Gasteiger partial charge in [0.1, 0.15) is 0 Å². The Balaban J connectivity index is 2.64. The number of aryl methyl sites for hydroxylation is 1. The number of hydrogen-bond acceptors (Lipinski definition) is 2. The second kappa shape index (κ2) is 4.35. The van der Waals surface area contributed by atoms with Crippen molar-refractivity contribution in [2.24, 2.45) is 0 Å². The first kappa shape index (κ1) is 13.5. The Morgan fingerprint density at radius 3 is 2.33 bits per heavy atom. The maximum Gasteiger partial charge on any atom is 0.398 e. The summed E-state index contributed by atoms with van der Waals surface area (Å²) in [6, 6.07) is 4.27. The second-order valence-electron chi connectivity index (χ2n) is 4.62. The van der Waals surface area contributed by atoms with E-state index in [1.165, 1.54) is 25.1 Å². The Morgan fingerprint density at radius 1 is 1.33 bits per heavy atom.